The van der Waals surface area contributed by atoms with Crippen molar-refractivity contribution in [1.82, 2.24) is 4.98 Å². The van der Waals surface area contributed by atoms with Crippen LogP contribution in [-0.2, 0) is 28.5 Å². The van der Waals surface area contributed by atoms with Gasteiger partial charge in [-0.25, -0.2) is 0 Å². The topological polar surface area (TPSA) is 42.1 Å². The smallest absolute Gasteiger partial charge is 0.431 e. The Morgan fingerprint density at radius 2 is 1.91 bits per heavy atom. The summed E-state index contributed by atoms with van der Waals surface area (Å²) in [6, 6.07) is 10.7. The fraction of sp³-hybridized carbons (Fsp3) is 0.312. The maximum absolute atomic E-state index is 12.5. The first-order valence-corrected chi connectivity index (χ1v) is 6.86. The third-order valence-electron chi connectivity index (χ3n) is 3.36. The third-order valence-corrected chi connectivity index (χ3v) is 3.36. The van der Waals surface area contributed by atoms with Crippen molar-refractivity contribution in [2.24, 2.45) is 0 Å². The molecule has 1 heterocycles. The molecule has 1 unspecified atom stereocenters. The van der Waals surface area contributed by atoms with E-state index in [-0.39, 0.29) is 6.42 Å². The van der Waals surface area contributed by atoms with E-state index in [2.05, 4.69) is 4.98 Å². The van der Waals surface area contributed by atoms with Crippen LogP contribution in [0.4, 0.5) is 13.2 Å². The molecule has 0 aliphatic heterocycles. The lowest BCUT2D eigenvalue weighted by molar-refractivity contribution is -0.141. The number of carbonyl (C=O) groups is 1. The van der Waals surface area contributed by atoms with Crippen LogP contribution in [0.5, 0.6) is 0 Å². The molecular formula is C16H16F3NO2. The zero-order chi connectivity index (χ0) is 16.0. The molecule has 0 aliphatic carbocycles. The highest BCUT2D eigenvalue weighted by atomic mass is 19.4. The SMILES string of the molecule is O=COC(CCc1ccccc1)Cc1c[nH]c(C(F)(F)F)c1. The number of benzene rings is 1. The molecule has 1 atom stereocenters. The fourth-order valence-corrected chi connectivity index (χ4v) is 2.25. The summed E-state index contributed by atoms with van der Waals surface area (Å²) in [6.07, 6.45) is -2.06. The number of hydrogen-bond acceptors (Lipinski definition) is 2. The Kier molecular flexibility index (Phi) is 5.25. The van der Waals surface area contributed by atoms with Crippen molar-refractivity contribution in [3.8, 4) is 0 Å². The molecule has 0 fully saturated rings. The summed E-state index contributed by atoms with van der Waals surface area (Å²) in [7, 11) is 0. The minimum atomic E-state index is -4.40. The van der Waals surface area contributed by atoms with Crippen LogP contribution >= 0.6 is 0 Å². The van der Waals surface area contributed by atoms with E-state index >= 15 is 0 Å². The highest BCUT2D eigenvalue weighted by molar-refractivity contribution is 5.37. The number of alkyl halides is 3. The number of hydrogen-bond donors (Lipinski definition) is 1. The number of carbonyl (C=O) groups excluding carboxylic acids is 1. The van der Waals surface area contributed by atoms with E-state index in [0.29, 0.717) is 24.9 Å². The van der Waals surface area contributed by atoms with Gasteiger partial charge in [0.15, 0.2) is 0 Å². The van der Waals surface area contributed by atoms with Crippen LogP contribution in [-0.4, -0.2) is 17.6 Å². The molecule has 1 aromatic carbocycles. The van der Waals surface area contributed by atoms with E-state index in [1.807, 2.05) is 30.3 Å². The number of halogens is 3. The van der Waals surface area contributed by atoms with Crippen molar-refractivity contribution < 1.29 is 22.7 Å². The monoisotopic (exact) mass is 311 g/mol. The second-order valence-corrected chi connectivity index (χ2v) is 5.00. The Hall–Kier alpha value is -2.24. The first-order chi connectivity index (χ1) is 10.5. The van der Waals surface area contributed by atoms with Gasteiger partial charge in [0.25, 0.3) is 6.47 Å². The molecule has 0 aliphatic rings. The van der Waals surface area contributed by atoms with Crippen LogP contribution in [0, 0.1) is 0 Å². The van der Waals surface area contributed by atoms with Crippen LogP contribution in [0.1, 0.15) is 23.2 Å². The highest BCUT2D eigenvalue weighted by Gasteiger charge is 2.32. The number of H-pyrrole nitrogens is 1. The molecule has 1 aromatic heterocycles. The predicted octanol–water partition coefficient (Wildman–Crippen LogP) is 3.75. The van der Waals surface area contributed by atoms with Gasteiger partial charge < -0.3 is 9.72 Å². The quantitative estimate of drug-likeness (QED) is 0.791. The summed E-state index contributed by atoms with van der Waals surface area (Å²) >= 11 is 0. The summed E-state index contributed by atoms with van der Waals surface area (Å²) in [5.41, 5.74) is 0.759. The van der Waals surface area contributed by atoms with Crippen LogP contribution in [0.25, 0.3) is 0 Å². The molecule has 0 saturated carbocycles. The van der Waals surface area contributed by atoms with Gasteiger partial charge in [-0.05, 0) is 30.0 Å². The normalized spacial score (nSPS) is 12.9. The minimum Gasteiger partial charge on any atom is -0.464 e. The van der Waals surface area contributed by atoms with E-state index in [4.69, 9.17) is 4.74 Å². The number of nitrogens with one attached hydrogen (secondary N) is 1. The number of aromatic nitrogens is 1. The molecule has 3 nitrogen and oxygen atoms in total. The van der Waals surface area contributed by atoms with Gasteiger partial charge in [0, 0.05) is 12.6 Å². The van der Waals surface area contributed by atoms with E-state index in [0.717, 1.165) is 11.6 Å². The number of aryl methyl sites for hydroxylation is 1. The Balaban J connectivity index is 1.96. The average Bonchev–Trinajstić information content (AvgIpc) is 2.95. The van der Waals surface area contributed by atoms with E-state index in [1.165, 1.54) is 6.20 Å². The Morgan fingerprint density at radius 1 is 1.18 bits per heavy atom. The molecule has 118 valence electrons. The second kappa shape index (κ2) is 7.15. The lowest BCUT2D eigenvalue weighted by atomic mass is 10.0. The third kappa shape index (κ3) is 4.65. The van der Waals surface area contributed by atoms with Gasteiger partial charge in [0.2, 0.25) is 0 Å². The molecule has 6 heteroatoms. The molecule has 0 spiro atoms. The minimum absolute atomic E-state index is 0.248. The molecule has 0 radical (unpaired) electrons. The van der Waals surface area contributed by atoms with Gasteiger partial charge in [0.05, 0.1) is 0 Å². The standard InChI is InChI=1S/C16H16F3NO2/c17-16(18,19)15-9-13(10-20-15)8-14(22-11-21)7-6-12-4-2-1-3-5-12/h1-5,9-11,14,20H,6-8H2. The summed E-state index contributed by atoms with van der Waals surface area (Å²) in [5.74, 6) is 0. The Labute approximate surface area is 126 Å². The largest absolute Gasteiger partial charge is 0.464 e. The molecule has 2 rings (SSSR count). The summed E-state index contributed by atoms with van der Waals surface area (Å²) < 4.78 is 42.6. The van der Waals surface area contributed by atoms with Crippen molar-refractivity contribution >= 4 is 6.47 Å². The number of ether oxygens (including phenoxy) is 1. The zero-order valence-corrected chi connectivity index (χ0v) is 11.8. The van der Waals surface area contributed by atoms with Gasteiger partial charge in [-0.2, -0.15) is 13.2 Å². The van der Waals surface area contributed by atoms with Crippen molar-refractivity contribution in [1.29, 1.82) is 0 Å². The molecule has 1 N–H and O–H groups in total. The zero-order valence-electron chi connectivity index (χ0n) is 11.8. The lowest BCUT2D eigenvalue weighted by Crippen LogP contribution is -2.16. The predicted molar refractivity (Wildman–Crippen MR) is 75.2 cm³/mol. The van der Waals surface area contributed by atoms with Crippen LogP contribution in [0.15, 0.2) is 42.6 Å². The fourth-order valence-electron chi connectivity index (χ4n) is 2.25. The molecular weight excluding hydrogens is 295 g/mol. The van der Waals surface area contributed by atoms with Gasteiger partial charge >= 0.3 is 6.18 Å². The molecule has 0 saturated heterocycles. The summed E-state index contributed by atoms with van der Waals surface area (Å²) in [5, 5.41) is 0. The average molecular weight is 311 g/mol. The van der Waals surface area contributed by atoms with Gasteiger partial charge in [0.1, 0.15) is 11.8 Å². The summed E-state index contributed by atoms with van der Waals surface area (Å²) in [6.45, 7) is 0.340. The molecule has 0 amide bonds. The number of aromatic amines is 1. The molecule has 2 aromatic rings. The van der Waals surface area contributed by atoms with Gasteiger partial charge in [-0.15, -0.1) is 0 Å². The van der Waals surface area contributed by atoms with Crippen LogP contribution in [0.3, 0.4) is 0 Å². The first kappa shape index (κ1) is 16.1. The Morgan fingerprint density at radius 3 is 2.50 bits per heavy atom. The van der Waals surface area contributed by atoms with Crippen molar-refractivity contribution in [2.75, 3.05) is 0 Å². The highest BCUT2D eigenvalue weighted by Crippen LogP contribution is 2.29. The van der Waals surface area contributed by atoms with E-state index < -0.39 is 18.0 Å². The van der Waals surface area contributed by atoms with Crippen molar-refractivity contribution in [2.45, 2.75) is 31.5 Å². The van der Waals surface area contributed by atoms with Crippen molar-refractivity contribution in [3.05, 3.63) is 59.4 Å². The maximum Gasteiger partial charge on any atom is 0.431 e. The van der Waals surface area contributed by atoms with Crippen LogP contribution in [0.2, 0.25) is 0 Å². The maximum atomic E-state index is 12.5. The van der Waals surface area contributed by atoms with E-state index in [1.54, 1.807) is 0 Å². The molecule has 22 heavy (non-hydrogen) atoms. The van der Waals surface area contributed by atoms with E-state index in [9.17, 15) is 18.0 Å². The Bertz CT molecular complexity index is 593. The summed E-state index contributed by atoms with van der Waals surface area (Å²) in [4.78, 5) is 12.8. The first-order valence-electron chi connectivity index (χ1n) is 6.86. The second-order valence-electron chi connectivity index (χ2n) is 5.00. The molecule has 0 bridgehead atoms. The van der Waals surface area contributed by atoms with Crippen molar-refractivity contribution in [3.63, 3.8) is 0 Å². The van der Waals surface area contributed by atoms with Gasteiger partial charge in [-0.1, -0.05) is 30.3 Å². The number of rotatable bonds is 7. The van der Waals surface area contributed by atoms with Crippen LogP contribution < -0.4 is 0 Å². The van der Waals surface area contributed by atoms with Gasteiger partial charge in [-0.3, -0.25) is 4.79 Å². The lowest BCUT2D eigenvalue weighted by Gasteiger charge is -2.14.